The number of rotatable bonds is 5. The Morgan fingerprint density at radius 3 is 2.90 bits per heavy atom. The molecule has 1 aliphatic rings. The van der Waals surface area contributed by atoms with Crippen LogP contribution in [0.1, 0.15) is 13.8 Å². The third kappa shape index (κ3) is 3.89. The average molecular weight is 287 g/mol. The van der Waals surface area contributed by atoms with Gasteiger partial charge in [0.05, 0.1) is 0 Å². The van der Waals surface area contributed by atoms with Crippen LogP contribution >= 0.6 is 0 Å². The number of carbonyl (C=O) groups is 1. The summed E-state index contributed by atoms with van der Waals surface area (Å²) >= 11 is 0. The second kappa shape index (κ2) is 6.66. The van der Waals surface area contributed by atoms with Crippen LogP contribution in [0.2, 0.25) is 0 Å². The molecule has 0 radical (unpaired) electrons. The van der Waals surface area contributed by atoms with Crippen molar-refractivity contribution in [2.75, 3.05) is 18.7 Å². The molecule has 21 heavy (non-hydrogen) atoms. The van der Waals surface area contributed by atoms with Crippen molar-refractivity contribution in [1.29, 1.82) is 5.26 Å². The number of nitrogens with zero attached hydrogens (tertiary/aromatic N) is 1. The molecule has 0 atom stereocenters. The highest BCUT2D eigenvalue weighted by atomic mass is 16.7. The summed E-state index contributed by atoms with van der Waals surface area (Å²) in [7, 11) is 0. The maximum absolute atomic E-state index is 11.8. The lowest BCUT2D eigenvalue weighted by molar-refractivity contribution is -0.117. The summed E-state index contributed by atoms with van der Waals surface area (Å²) in [5.74, 6) is 1.26. The molecule has 1 aromatic rings. The number of fused-ring (bicyclic) bond motifs is 1. The Morgan fingerprint density at radius 1 is 1.43 bits per heavy atom. The zero-order valence-electron chi connectivity index (χ0n) is 12.0. The van der Waals surface area contributed by atoms with Gasteiger partial charge in [0.15, 0.2) is 11.5 Å². The normalized spacial score (nSPS) is 13.0. The number of hydrogen-bond acceptors (Lipinski definition) is 5. The summed E-state index contributed by atoms with van der Waals surface area (Å²) in [5.41, 5.74) is 0.733. The van der Waals surface area contributed by atoms with Gasteiger partial charge in [-0.05, 0) is 18.1 Å². The predicted octanol–water partition coefficient (Wildman–Crippen LogP) is 2.01. The maximum Gasteiger partial charge on any atom is 0.263 e. The summed E-state index contributed by atoms with van der Waals surface area (Å²) in [6.07, 6.45) is 1.38. The van der Waals surface area contributed by atoms with Gasteiger partial charge in [0.2, 0.25) is 6.79 Å². The third-order valence-corrected chi connectivity index (χ3v) is 2.79. The minimum atomic E-state index is -0.389. The number of benzene rings is 1. The van der Waals surface area contributed by atoms with Gasteiger partial charge in [0.25, 0.3) is 5.91 Å². The van der Waals surface area contributed by atoms with Crippen molar-refractivity contribution in [2.45, 2.75) is 13.8 Å². The molecule has 0 fully saturated rings. The molecule has 2 rings (SSSR count). The first-order valence-electron chi connectivity index (χ1n) is 6.65. The van der Waals surface area contributed by atoms with E-state index in [0.29, 0.717) is 29.6 Å². The lowest BCUT2D eigenvalue weighted by Gasteiger charge is -2.07. The summed E-state index contributed by atoms with van der Waals surface area (Å²) in [6, 6.07) is 7.18. The summed E-state index contributed by atoms with van der Waals surface area (Å²) in [4.78, 5) is 11.8. The van der Waals surface area contributed by atoms with E-state index in [4.69, 9.17) is 14.7 Å². The van der Waals surface area contributed by atoms with Crippen LogP contribution in [0.15, 0.2) is 30.0 Å². The molecule has 6 heteroatoms. The van der Waals surface area contributed by atoms with E-state index >= 15 is 0 Å². The van der Waals surface area contributed by atoms with Gasteiger partial charge < -0.3 is 20.1 Å². The average Bonchev–Trinajstić information content (AvgIpc) is 2.93. The van der Waals surface area contributed by atoms with Gasteiger partial charge in [-0.3, -0.25) is 4.79 Å². The number of amides is 1. The van der Waals surface area contributed by atoms with Crippen LogP contribution in [0.5, 0.6) is 11.5 Å². The molecule has 0 unspecified atom stereocenters. The van der Waals surface area contributed by atoms with E-state index in [1.165, 1.54) is 6.20 Å². The molecular weight excluding hydrogens is 270 g/mol. The molecule has 6 nitrogen and oxygen atoms in total. The molecule has 0 spiro atoms. The first-order chi connectivity index (χ1) is 10.1. The highest BCUT2D eigenvalue weighted by molar-refractivity contribution is 5.97. The summed E-state index contributed by atoms with van der Waals surface area (Å²) in [6.45, 7) is 4.71. The predicted molar refractivity (Wildman–Crippen MR) is 77.7 cm³/mol. The van der Waals surface area contributed by atoms with Gasteiger partial charge in [-0.25, -0.2) is 0 Å². The van der Waals surface area contributed by atoms with E-state index in [0.717, 1.165) is 0 Å². The first-order valence-corrected chi connectivity index (χ1v) is 6.65. The third-order valence-electron chi connectivity index (χ3n) is 2.79. The topological polar surface area (TPSA) is 83.4 Å². The van der Waals surface area contributed by atoms with Crippen molar-refractivity contribution in [1.82, 2.24) is 5.32 Å². The van der Waals surface area contributed by atoms with Crippen molar-refractivity contribution in [2.24, 2.45) is 5.92 Å². The minimum absolute atomic E-state index is 0.0216. The molecule has 1 amide bonds. The van der Waals surface area contributed by atoms with Gasteiger partial charge in [-0.2, -0.15) is 5.26 Å². The van der Waals surface area contributed by atoms with Crippen molar-refractivity contribution in [3.8, 4) is 17.6 Å². The molecule has 0 aromatic heterocycles. The number of nitrogens with one attached hydrogen (secondary N) is 2. The standard InChI is InChI=1S/C15H17N3O3/c1-10(2)7-18-15(19)11(6-16)8-17-12-3-4-13-14(5-12)21-9-20-13/h3-5,8,10,17H,7,9H2,1-2H3,(H,18,19)/b11-8-. The Kier molecular flexibility index (Phi) is 4.67. The van der Waals surface area contributed by atoms with Gasteiger partial charge in [0.1, 0.15) is 11.6 Å². The lowest BCUT2D eigenvalue weighted by Crippen LogP contribution is -2.28. The number of nitriles is 1. The molecule has 1 aromatic carbocycles. The molecule has 0 saturated heterocycles. The van der Waals surface area contributed by atoms with E-state index in [2.05, 4.69) is 10.6 Å². The zero-order chi connectivity index (χ0) is 15.2. The van der Waals surface area contributed by atoms with Gasteiger partial charge in [0, 0.05) is 24.5 Å². The monoisotopic (exact) mass is 287 g/mol. The first kappa shape index (κ1) is 14.7. The molecule has 110 valence electrons. The second-order valence-corrected chi connectivity index (χ2v) is 4.99. The Hall–Kier alpha value is -2.68. The lowest BCUT2D eigenvalue weighted by atomic mass is 10.2. The number of carbonyl (C=O) groups excluding carboxylic acids is 1. The van der Waals surface area contributed by atoms with Crippen LogP contribution in [0.4, 0.5) is 5.69 Å². The highest BCUT2D eigenvalue weighted by Crippen LogP contribution is 2.34. The second-order valence-electron chi connectivity index (χ2n) is 4.99. The van der Waals surface area contributed by atoms with E-state index < -0.39 is 0 Å². The minimum Gasteiger partial charge on any atom is -0.454 e. The number of anilines is 1. The van der Waals surface area contributed by atoms with E-state index in [1.54, 1.807) is 18.2 Å². The van der Waals surface area contributed by atoms with Crippen LogP contribution in [0.25, 0.3) is 0 Å². The fraction of sp³-hybridized carbons (Fsp3) is 0.333. The Labute approximate surface area is 123 Å². The van der Waals surface area contributed by atoms with E-state index in [9.17, 15) is 4.79 Å². The molecule has 0 saturated carbocycles. The zero-order valence-corrected chi connectivity index (χ0v) is 12.0. The molecular formula is C15H17N3O3. The smallest absolute Gasteiger partial charge is 0.263 e. The van der Waals surface area contributed by atoms with Crippen molar-refractivity contribution in [3.05, 3.63) is 30.0 Å². The van der Waals surface area contributed by atoms with Crippen molar-refractivity contribution in [3.63, 3.8) is 0 Å². The quantitative estimate of drug-likeness (QED) is 0.639. The maximum atomic E-state index is 11.8. The van der Waals surface area contributed by atoms with E-state index in [-0.39, 0.29) is 18.3 Å². The van der Waals surface area contributed by atoms with Gasteiger partial charge in [-0.15, -0.1) is 0 Å². The van der Waals surface area contributed by atoms with Crippen LogP contribution < -0.4 is 20.1 Å². The van der Waals surface area contributed by atoms with Crippen molar-refractivity contribution >= 4 is 11.6 Å². The Balaban J connectivity index is 2.01. The molecule has 2 N–H and O–H groups in total. The summed E-state index contributed by atoms with van der Waals surface area (Å²) in [5, 5.41) is 14.6. The molecule has 0 aliphatic carbocycles. The number of hydrogen-bond donors (Lipinski definition) is 2. The van der Waals surface area contributed by atoms with Crippen LogP contribution in [-0.2, 0) is 4.79 Å². The highest BCUT2D eigenvalue weighted by Gasteiger charge is 2.13. The Bertz CT molecular complexity index is 603. The Morgan fingerprint density at radius 2 is 2.19 bits per heavy atom. The number of ether oxygens (including phenoxy) is 2. The van der Waals surface area contributed by atoms with E-state index in [1.807, 2.05) is 19.9 Å². The summed E-state index contributed by atoms with van der Waals surface area (Å²) < 4.78 is 10.5. The largest absolute Gasteiger partial charge is 0.454 e. The molecule has 1 heterocycles. The molecule has 0 bridgehead atoms. The fourth-order valence-electron chi connectivity index (χ4n) is 1.68. The SMILES string of the molecule is CC(C)CNC(=O)/C(C#N)=C\Nc1ccc2c(c1)OCO2. The van der Waals surface area contributed by atoms with Crippen LogP contribution in [0.3, 0.4) is 0 Å². The fourth-order valence-corrected chi connectivity index (χ4v) is 1.68. The van der Waals surface area contributed by atoms with Gasteiger partial charge in [-0.1, -0.05) is 13.8 Å². The van der Waals surface area contributed by atoms with Gasteiger partial charge >= 0.3 is 0 Å². The van der Waals surface area contributed by atoms with Crippen LogP contribution in [0, 0.1) is 17.2 Å². The molecule has 1 aliphatic heterocycles. The van der Waals surface area contributed by atoms with Crippen LogP contribution in [-0.4, -0.2) is 19.2 Å². The van der Waals surface area contributed by atoms with Crippen molar-refractivity contribution < 1.29 is 14.3 Å².